The zero-order valence-corrected chi connectivity index (χ0v) is 12.4. The van der Waals surface area contributed by atoms with E-state index in [1.807, 2.05) is 24.3 Å². The zero-order chi connectivity index (χ0) is 13.7. The molecule has 1 N–H and O–H groups in total. The smallest absolute Gasteiger partial charge is 0.126 e. The Morgan fingerprint density at radius 1 is 1.26 bits per heavy atom. The maximum absolute atomic E-state index is 13.7. The van der Waals surface area contributed by atoms with E-state index in [9.17, 15) is 4.39 Å². The molecule has 0 spiro atoms. The molecule has 102 valence electrons. The Labute approximate surface area is 122 Å². The lowest BCUT2D eigenvalue weighted by molar-refractivity contribution is 0.519. The second-order valence-electron chi connectivity index (χ2n) is 4.44. The van der Waals surface area contributed by atoms with E-state index >= 15 is 0 Å². The second-order valence-corrected chi connectivity index (χ2v) is 6.19. The maximum atomic E-state index is 13.7. The van der Waals surface area contributed by atoms with Crippen molar-refractivity contribution in [3.05, 3.63) is 57.0 Å². The molecule has 0 fully saturated rings. The summed E-state index contributed by atoms with van der Waals surface area (Å²) in [6.45, 7) is 3.03. The predicted octanol–water partition coefficient (Wildman–Crippen LogP) is 4.82. The summed E-state index contributed by atoms with van der Waals surface area (Å²) in [5.74, 6) is -0.145. The van der Waals surface area contributed by atoms with Crippen LogP contribution in [0.15, 0.2) is 36.4 Å². The molecule has 19 heavy (non-hydrogen) atoms. The molecule has 1 aromatic carbocycles. The van der Waals surface area contributed by atoms with Gasteiger partial charge in [0.15, 0.2) is 0 Å². The normalized spacial score (nSPS) is 12.6. The van der Waals surface area contributed by atoms with Gasteiger partial charge in [0.05, 0.1) is 4.34 Å². The van der Waals surface area contributed by atoms with E-state index in [-0.39, 0.29) is 11.9 Å². The summed E-state index contributed by atoms with van der Waals surface area (Å²) in [5.41, 5.74) is 0.737. The number of hydrogen-bond acceptors (Lipinski definition) is 2. The van der Waals surface area contributed by atoms with Gasteiger partial charge in [-0.1, -0.05) is 36.7 Å². The minimum Gasteiger partial charge on any atom is -0.309 e. The lowest BCUT2D eigenvalue weighted by Gasteiger charge is -2.17. The van der Waals surface area contributed by atoms with Crippen LogP contribution in [0.1, 0.15) is 29.8 Å². The lowest BCUT2D eigenvalue weighted by atomic mass is 10.0. The van der Waals surface area contributed by atoms with Gasteiger partial charge in [-0.15, -0.1) is 11.3 Å². The highest BCUT2D eigenvalue weighted by molar-refractivity contribution is 7.16. The van der Waals surface area contributed by atoms with E-state index in [2.05, 4.69) is 12.2 Å². The number of rotatable bonds is 6. The van der Waals surface area contributed by atoms with Crippen LogP contribution in [0.5, 0.6) is 0 Å². The molecule has 0 aliphatic carbocycles. The van der Waals surface area contributed by atoms with Gasteiger partial charge in [-0.25, -0.2) is 4.39 Å². The van der Waals surface area contributed by atoms with Gasteiger partial charge in [-0.3, -0.25) is 0 Å². The van der Waals surface area contributed by atoms with Crippen molar-refractivity contribution in [1.29, 1.82) is 0 Å². The number of thiophene rings is 1. The first-order valence-corrected chi connectivity index (χ1v) is 7.62. The molecule has 2 aromatic rings. The summed E-state index contributed by atoms with van der Waals surface area (Å²) in [5, 5.41) is 3.46. The fraction of sp³-hybridized carbons (Fsp3) is 0.333. The van der Waals surface area contributed by atoms with Crippen molar-refractivity contribution in [1.82, 2.24) is 5.32 Å². The fourth-order valence-corrected chi connectivity index (χ4v) is 3.13. The van der Waals surface area contributed by atoms with Crippen LogP contribution in [0, 0.1) is 5.82 Å². The molecule has 0 bridgehead atoms. The number of benzene rings is 1. The van der Waals surface area contributed by atoms with E-state index in [0.717, 1.165) is 27.7 Å². The first-order chi connectivity index (χ1) is 9.20. The maximum Gasteiger partial charge on any atom is 0.126 e. The van der Waals surface area contributed by atoms with E-state index in [1.54, 1.807) is 17.4 Å². The van der Waals surface area contributed by atoms with Crippen LogP contribution in [0.4, 0.5) is 4.39 Å². The van der Waals surface area contributed by atoms with E-state index in [4.69, 9.17) is 11.6 Å². The Morgan fingerprint density at radius 3 is 2.68 bits per heavy atom. The van der Waals surface area contributed by atoms with Crippen LogP contribution in [-0.2, 0) is 6.42 Å². The topological polar surface area (TPSA) is 12.0 Å². The number of nitrogens with one attached hydrogen (secondary N) is 1. The highest BCUT2D eigenvalue weighted by atomic mass is 35.5. The molecule has 0 aliphatic heterocycles. The van der Waals surface area contributed by atoms with E-state index in [0.29, 0.717) is 6.42 Å². The lowest BCUT2D eigenvalue weighted by Crippen LogP contribution is -2.23. The monoisotopic (exact) mass is 297 g/mol. The molecular weight excluding hydrogens is 281 g/mol. The second kappa shape index (κ2) is 7.04. The average molecular weight is 298 g/mol. The predicted molar refractivity (Wildman–Crippen MR) is 80.5 cm³/mol. The quantitative estimate of drug-likeness (QED) is 0.806. The van der Waals surface area contributed by atoms with Gasteiger partial charge in [0.2, 0.25) is 0 Å². The largest absolute Gasteiger partial charge is 0.309 e. The SMILES string of the molecule is CCCNC(Cc1ccccc1F)c1ccc(Cl)s1. The molecule has 0 aliphatic rings. The van der Waals surface area contributed by atoms with Crippen molar-refractivity contribution in [2.75, 3.05) is 6.54 Å². The summed E-state index contributed by atoms with van der Waals surface area (Å²) < 4.78 is 14.5. The van der Waals surface area contributed by atoms with Gasteiger partial charge >= 0.3 is 0 Å². The average Bonchev–Trinajstić information content (AvgIpc) is 2.83. The highest BCUT2D eigenvalue weighted by Gasteiger charge is 2.15. The molecule has 0 amide bonds. The van der Waals surface area contributed by atoms with Crippen molar-refractivity contribution in [3.8, 4) is 0 Å². The van der Waals surface area contributed by atoms with Crippen molar-refractivity contribution < 1.29 is 4.39 Å². The third-order valence-corrected chi connectivity index (χ3v) is 4.30. The Morgan fingerprint density at radius 2 is 2.05 bits per heavy atom. The Hall–Kier alpha value is -0.900. The van der Waals surface area contributed by atoms with Crippen LogP contribution >= 0.6 is 22.9 Å². The summed E-state index contributed by atoms with van der Waals surface area (Å²) in [6, 6.07) is 11.0. The molecule has 1 aromatic heterocycles. The molecule has 1 nitrogen and oxygen atoms in total. The summed E-state index contributed by atoms with van der Waals surface area (Å²) >= 11 is 7.54. The molecule has 4 heteroatoms. The van der Waals surface area contributed by atoms with Gasteiger partial charge in [-0.2, -0.15) is 0 Å². The Balaban J connectivity index is 2.16. The molecular formula is C15H17ClFNS. The Kier molecular flexibility index (Phi) is 5.37. The van der Waals surface area contributed by atoms with Crippen LogP contribution in [0.25, 0.3) is 0 Å². The van der Waals surface area contributed by atoms with Gasteiger partial charge in [-0.05, 0) is 43.1 Å². The summed E-state index contributed by atoms with van der Waals surface area (Å²) in [4.78, 5) is 1.15. The van der Waals surface area contributed by atoms with Crippen molar-refractivity contribution in [3.63, 3.8) is 0 Å². The van der Waals surface area contributed by atoms with Gasteiger partial charge in [0.1, 0.15) is 5.82 Å². The molecule has 0 saturated heterocycles. The van der Waals surface area contributed by atoms with Gasteiger partial charge in [0, 0.05) is 10.9 Å². The van der Waals surface area contributed by atoms with E-state index in [1.165, 1.54) is 6.07 Å². The molecule has 2 rings (SSSR count). The standard InChI is InChI=1S/C15H17ClFNS/c1-2-9-18-13(14-7-8-15(16)19-14)10-11-5-3-4-6-12(11)17/h3-8,13,18H,2,9-10H2,1H3. The molecule has 1 atom stereocenters. The molecule has 0 saturated carbocycles. The third kappa shape index (κ3) is 4.03. The Bertz CT molecular complexity index is 526. The zero-order valence-electron chi connectivity index (χ0n) is 10.8. The van der Waals surface area contributed by atoms with Crippen molar-refractivity contribution in [2.45, 2.75) is 25.8 Å². The third-order valence-electron chi connectivity index (χ3n) is 2.96. The number of hydrogen-bond donors (Lipinski definition) is 1. The molecule has 1 unspecified atom stereocenters. The first-order valence-electron chi connectivity index (χ1n) is 6.42. The van der Waals surface area contributed by atoms with Crippen LogP contribution in [-0.4, -0.2) is 6.54 Å². The summed E-state index contributed by atoms with van der Waals surface area (Å²) in [6.07, 6.45) is 1.69. The first kappa shape index (κ1) is 14.5. The van der Waals surface area contributed by atoms with Crippen molar-refractivity contribution >= 4 is 22.9 Å². The fourth-order valence-electron chi connectivity index (χ4n) is 1.99. The minimum atomic E-state index is -0.145. The van der Waals surface area contributed by atoms with Crippen LogP contribution in [0.3, 0.4) is 0 Å². The van der Waals surface area contributed by atoms with Crippen LogP contribution < -0.4 is 5.32 Å². The molecule has 1 heterocycles. The summed E-state index contributed by atoms with van der Waals surface area (Å²) in [7, 11) is 0. The van der Waals surface area contributed by atoms with Crippen molar-refractivity contribution in [2.24, 2.45) is 0 Å². The molecule has 0 radical (unpaired) electrons. The highest BCUT2D eigenvalue weighted by Crippen LogP contribution is 2.29. The van der Waals surface area contributed by atoms with E-state index < -0.39 is 0 Å². The van der Waals surface area contributed by atoms with Crippen LogP contribution in [0.2, 0.25) is 4.34 Å². The van der Waals surface area contributed by atoms with Gasteiger partial charge < -0.3 is 5.32 Å². The number of halogens is 2. The minimum absolute atomic E-state index is 0.120. The van der Waals surface area contributed by atoms with Gasteiger partial charge in [0.25, 0.3) is 0 Å².